The van der Waals surface area contributed by atoms with Crippen molar-refractivity contribution in [2.24, 2.45) is 28.6 Å². The average molecular weight is 286 g/mol. The third-order valence-corrected chi connectivity index (χ3v) is 7.51. The van der Waals surface area contributed by atoms with E-state index in [0.717, 1.165) is 25.2 Å². The third-order valence-electron chi connectivity index (χ3n) is 7.51. The lowest BCUT2D eigenvalue weighted by Gasteiger charge is -2.56. The Bertz CT molecular complexity index is 546. The number of rotatable bonds is 0. The Labute approximate surface area is 127 Å². The Kier molecular flexibility index (Phi) is 2.83. The van der Waals surface area contributed by atoms with Crippen LogP contribution in [0.2, 0.25) is 0 Å². The Hall–Kier alpha value is -0.890. The minimum atomic E-state index is -0.100. The quantitative estimate of drug-likeness (QED) is 0.738. The molecule has 0 saturated heterocycles. The molecule has 0 aromatic carbocycles. The van der Waals surface area contributed by atoms with E-state index >= 15 is 0 Å². The van der Waals surface area contributed by atoms with Crippen LogP contribution < -0.4 is 0 Å². The van der Waals surface area contributed by atoms with Crippen LogP contribution in [0.1, 0.15) is 52.4 Å². The Balaban J connectivity index is 1.70. The number of carbonyl (C=O) groups excluding carboxylic acids is 1. The number of hydrogen-bond acceptors (Lipinski definition) is 2. The monoisotopic (exact) mass is 286 g/mol. The topological polar surface area (TPSA) is 37.3 Å². The first kappa shape index (κ1) is 13.8. The summed E-state index contributed by atoms with van der Waals surface area (Å²) >= 11 is 0. The van der Waals surface area contributed by atoms with Gasteiger partial charge < -0.3 is 5.11 Å². The first-order chi connectivity index (χ1) is 9.95. The number of aliphatic hydroxyl groups excluding tert-OH is 1. The largest absolute Gasteiger partial charge is 0.393 e. The molecule has 0 spiro atoms. The van der Waals surface area contributed by atoms with Crippen molar-refractivity contribution in [2.45, 2.75) is 58.5 Å². The molecule has 2 nitrogen and oxygen atoms in total. The van der Waals surface area contributed by atoms with Gasteiger partial charge in [-0.25, -0.2) is 0 Å². The molecule has 6 atom stereocenters. The number of ketones is 1. The maximum absolute atomic E-state index is 11.7. The predicted molar refractivity (Wildman–Crippen MR) is 82.6 cm³/mol. The molecule has 4 aliphatic rings. The van der Waals surface area contributed by atoms with Gasteiger partial charge in [-0.3, -0.25) is 4.79 Å². The summed E-state index contributed by atoms with van der Waals surface area (Å²) in [7, 11) is 0. The second-order valence-corrected chi connectivity index (χ2v) is 8.24. The maximum atomic E-state index is 11.7. The standard InChI is InChI=1S/C19H26O2/c1-18-9-7-13(20)11-12(18)3-4-14-15-5-6-17(21)19(15,2)10-8-16(14)18/h7,9,11,14-17,21H,3-6,8,10H2,1-2H3/t14-,15+,16+,17+,18-,19-/m0/s1. The molecule has 3 fully saturated rings. The average Bonchev–Trinajstić information content (AvgIpc) is 2.76. The maximum Gasteiger partial charge on any atom is 0.178 e. The summed E-state index contributed by atoms with van der Waals surface area (Å²) < 4.78 is 0. The van der Waals surface area contributed by atoms with Gasteiger partial charge in [-0.1, -0.05) is 25.5 Å². The van der Waals surface area contributed by atoms with Crippen molar-refractivity contribution in [3.8, 4) is 0 Å². The zero-order chi connectivity index (χ0) is 14.8. The Morgan fingerprint density at radius 2 is 1.95 bits per heavy atom. The zero-order valence-electron chi connectivity index (χ0n) is 13.1. The molecular weight excluding hydrogens is 260 g/mol. The molecule has 0 radical (unpaired) electrons. The molecule has 4 rings (SSSR count). The lowest BCUT2D eigenvalue weighted by Crippen LogP contribution is -2.50. The van der Waals surface area contributed by atoms with E-state index in [1.807, 2.05) is 6.08 Å². The van der Waals surface area contributed by atoms with E-state index in [1.54, 1.807) is 6.08 Å². The molecule has 114 valence electrons. The van der Waals surface area contributed by atoms with Crippen molar-refractivity contribution in [3.05, 3.63) is 23.8 Å². The van der Waals surface area contributed by atoms with Crippen molar-refractivity contribution < 1.29 is 9.90 Å². The number of fused-ring (bicyclic) bond motifs is 5. The van der Waals surface area contributed by atoms with E-state index in [4.69, 9.17) is 0 Å². The summed E-state index contributed by atoms with van der Waals surface area (Å²) in [6.45, 7) is 4.66. The molecule has 0 aliphatic heterocycles. The van der Waals surface area contributed by atoms with E-state index in [0.29, 0.717) is 11.8 Å². The van der Waals surface area contributed by atoms with Crippen LogP contribution in [0.15, 0.2) is 23.8 Å². The fourth-order valence-electron chi connectivity index (χ4n) is 6.17. The lowest BCUT2D eigenvalue weighted by atomic mass is 9.48. The fraction of sp³-hybridized carbons (Fsp3) is 0.737. The normalized spacial score (nSPS) is 52.0. The number of allylic oxidation sites excluding steroid dienone is 4. The SMILES string of the molecule is C[C@]12CC[C@@H]3[C@@H](CCC4=CC(=O)C=C[C@@]43C)[C@H]1CC[C@H]2O. The van der Waals surface area contributed by atoms with Gasteiger partial charge in [-0.15, -0.1) is 0 Å². The van der Waals surface area contributed by atoms with Gasteiger partial charge in [0.05, 0.1) is 6.10 Å². The van der Waals surface area contributed by atoms with Gasteiger partial charge in [0, 0.05) is 5.41 Å². The van der Waals surface area contributed by atoms with E-state index in [9.17, 15) is 9.90 Å². The van der Waals surface area contributed by atoms with E-state index in [-0.39, 0.29) is 22.7 Å². The second-order valence-electron chi connectivity index (χ2n) is 8.24. The summed E-state index contributed by atoms with van der Waals surface area (Å²) in [6, 6.07) is 0. The number of aliphatic hydroxyl groups is 1. The van der Waals surface area contributed by atoms with Crippen LogP contribution in [0.5, 0.6) is 0 Å². The smallest absolute Gasteiger partial charge is 0.178 e. The van der Waals surface area contributed by atoms with Crippen molar-refractivity contribution in [1.82, 2.24) is 0 Å². The van der Waals surface area contributed by atoms with Crippen molar-refractivity contribution >= 4 is 5.78 Å². The molecule has 0 heterocycles. The van der Waals surface area contributed by atoms with Crippen LogP contribution in [0, 0.1) is 28.6 Å². The van der Waals surface area contributed by atoms with E-state index < -0.39 is 0 Å². The van der Waals surface area contributed by atoms with Crippen molar-refractivity contribution in [1.29, 1.82) is 0 Å². The van der Waals surface area contributed by atoms with Gasteiger partial charge in [0.15, 0.2) is 5.78 Å². The van der Waals surface area contributed by atoms with E-state index in [1.165, 1.54) is 24.8 Å². The molecule has 0 amide bonds. The minimum absolute atomic E-state index is 0.0890. The highest BCUT2D eigenvalue weighted by atomic mass is 16.3. The van der Waals surface area contributed by atoms with Crippen LogP contribution in [0.25, 0.3) is 0 Å². The summed E-state index contributed by atoms with van der Waals surface area (Å²) in [5.41, 5.74) is 1.59. The summed E-state index contributed by atoms with van der Waals surface area (Å²) in [6.07, 6.45) is 12.6. The molecule has 4 aliphatic carbocycles. The summed E-state index contributed by atoms with van der Waals surface area (Å²) in [4.78, 5) is 11.7. The number of hydrogen-bond donors (Lipinski definition) is 1. The fourth-order valence-corrected chi connectivity index (χ4v) is 6.17. The van der Waals surface area contributed by atoms with Crippen LogP contribution in [0.4, 0.5) is 0 Å². The highest BCUT2D eigenvalue weighted by Crippen LogP contribution is 2.64. The van der Waals surface area contributed by atoms with Gasteiger partial charge in [0.25, 0.3) is 0 Å². The Morgan fingerprint density at radius 1 is 1.14 bits per heavy atom. The van der Waals surface area contributed by atoms with Crippen molar-refractivity contribution in [3.63, 3.8) is 0 Å². The Morgan fingerprint density at radius 3 is 2.76 bits per heavy atom. The van der Waals surface area contributed by atoms with E-state index in [2.05, 4.69) is 19.9 Å². The molecule has 1 N–H and O–H groups in total. The number of carbonyl (C=O) groups is 1. The molecule has 0 aromatic rings. The molecule has 3 saturated carbocycles. The molecule has 0 bridgehead atoms. The van der Waals surface area contributed by atoms with Gasteiger partial charge in [0.2, 0.25) is 0 Å². The molecule has 2 heteroatoms. The van der Waals surface area contributed by atoms with Crippen LogP contribution >= 0.6 is 0 Å². The van der Waals surface area contributed by atoms with Gasteiger partial charge >= 0.3 is 0 Å². The van der Waals surface area contributed by atoms with Gasteiger partial charge in [-0.2, -0.15) is 0 Å². The lowest BCUT2D eigenvalue weighted by molar-refractivity contribution is -0.111. The zero-order valence-corrected chi connectivity index (χ0v) is 13.1. The predicted octanol–water partition coefficient (Wildman–Crippen LogP) is 3.66. The highest BCUT2D eigenvalue weighted by molar-refractivity contribution is 6.01. The van der Waals surface area contributed by atoms with Crippen LogP contribution in [-0.2, 0) is 4.79 Å². The molecule has 0 aromatic heterocycles. The van der Waals surface area contributed by atoms with Crippen LogP contribution in [0.3, 0.4) is 0 Å². The molecule has 21 heavy (non-hydrogen) atoms. The minimum Gasteiger partial charge on any atom is -0.393 e. The molecular formula is C19H26O2. The van der Waals surface area contributed by atoms with Crippen LogP contribution in [-0.4, -0.2) is 17.0 Å². The summed E-state index contributed by atoms with van der Waals surface area (Å²) in [5.74, 6) is 2.22. The summed E-state index contributed by atoms with van der Waals surface area (Å²) in [5, 5.41) is 10.4. The second kappa shape index (κ2) is 4.32. The third kappa shape index (κ3) is 1.72. The van der Waals surface area contributed by atoms with Gasteiger partial charge in [0.1, 0.15) is 0 Å². The highest BCUT2D eigenvalue weighted by Gasteiger charge is 2.58. The first-order valence-corrected chi connectivity index (χ1v) is 8.57. The molecule has 0 unspecified atom stereocenters. The van der Waals surface area contributed by atoms with Gasteiger partial charge in [-0.05, 0) is 73.8 Å². The van der Waals surface area contributed by atoms with Crippen molar-refractivity contribution in [2.75, 3.05) is 0 Å². The first-order valence-electron chi connectivity index (χ1n) is 8.57.